The van der Waals surface area contributed by atoms with Crippen molar-refractivity contribution in [2.45, 2.75) is 26.3 Å². The molecule has 0 amide bonds. The summed E-state index contributed by atoms with van der Waals surface area (Å²) in [6.07, 6.45) is 0.669. The van der Waals surface area contributed by atoms with Gasteiger partial charge in [-0.3, -0.25) is 4.79 Å². The summed E-state index contributed by atoms with van der Waals surface area (Å²) in [5.74, 6) is 0.898. The Kier molecular flexibility index (Phi) is 3.88. The molecule has 2 aromatic heterocycles. The lowest BCUT2D eigenvalue weighted by atomic mass is 10.3. The Bertz CT molecular complexity index is 559. The van der Waals surface area contributed by atoms with Gasteiger partial charge in [0, 0.05) is 25.1 Å². The van der Waals surface area contributed by atoms with Crippen LogP contribution in [0.25, 0.3) is 11.6 Å². The molecule has 0 bridgehead atoms. The normalized spacial score (nSPS) is 11.1. The van der Waals surface area contributed by atoms with Crippen molar-refractivity contribution in [2.75, 3.05) is 6.54 Å². The third-order valence-corrected chi connectivity index (χ3v) is 2.36. The van der Waals surface area contributed by atoms with Gasteiger partial charge in [0.05, 0.1) is 0 Å². The molecule has 0 saturated carbocycles. The molecule has 18 heavy (non-hydrogen) atoms. The summed E-state index contributed by atoms with van der Waals surface area (Å²) >= 11 is 0. The molecule has 0 fully saturated rings. The van der Waals surface area contributed by atoms with Gasteiger partial charge in [-0.15, -0.1) is 10.2 Å². The summed E-state index contributed by atoms with van der Waals surface area (Å²) in [7, 11) is 0. The Balaban J connectivity index is 2.04. The molecule has 0 aliphatic heterocycles. The molecule has 0 aromatic carbocycles. The Morgan fingerprint density at radius 2 is 2.22 bits per heavy atom. The van der Waals surface area contributed by atoms with Crippen LogP contribution in [0.5, 0.6) is 0 Å². The van der Waals surface area contributed by atoms with Gasteiger partial charge in [0.25, 0.3) is 5.89 Å². The first-order valence-corrected chi connectivity index (χ1v) is 5.90. The molecular weight excluding hydrogens is 232 g/mol. The molecule has 2 rings (SSSR count). The fourth-order valence-electron chi connectivity index (χ4n) is 1.50. The molecule has 0 unspecified atom stereocenters. The zero-order chi connectivity index (χ0) is 13.0. The predicted molar refractivity (Wildman–Crippen MR) is 67.2 cm³/mol. The Labute approximate surface area is 104 Å². The van der Waals surface area contributed by atoms with E-state index in [-0.39, 0.29) is 5.56 Å². The molecule has 2 aromatic rings. The molecule has 96 valence electrons. The predicted octanol–water partition coefficient (Wildman–Crippen LogP) is 0.965. The van der Waals surface area contributed by atoms with Crippen LogP contribution in [0.3, 0.4) is 0 Å². The maximum Gasteiger partial charge on any atom is 0.264 e. The third kappa shape index (κ3) is 3.27. The van der Waals surface area contributed by atoms with E-state index in [1.165, 1.54) is 6.07 Å². The lowest BCUT2D eigenvalue weighted by Crippen LogP contribution is -2.25. The Morgan fingerprint density at radius 1 is 1.39 bits per heavy atom. The molecule has 0 aliphatic carbocycles. The van der Waals surface area contributed by atoms with Crippen molar-refractivity contribution in [2.24, 2.45) is 0 Å². The van der Waals surface area contributed by atoms with E-state index in [4.69, 9.17) is 4.42 Å². The zero-order valence-electron chi connectivity index (χ0n) is 10.4. The molecule has 0 spiro atoms. The quantitative estimate of drug-likeness (QED) is 0.823. The minimum Gasteiger partial charge on any atom is -0.419 e. The monoisotopic (exact) mass is 248 g/mol. The van der Waals surface area contributed by atoms with Gasteiger partial charge in [0.2, 0.25) is 11.4 Å². The molecule has 2 N–H and O–H groups in total. The van der Waals surface area contributed by atoms with Crippen LogP contribution >= 0.6 is 0 Å². The number of nitrogens with zero attached hydrogens (tertiary/aromatic N) is 2. The molecular formula is C12H16N4O2. The first kappa shape index (κ1) is 12.5. The van der Waals surface area contributed by atoms with Crippen molar-refractivity contribution in [3.8, 4) is 11.6 Å². The van der Waals surface area contributed by atoms with E-state index in [1.807, 2.05) is 0 Å². The van der Waals surface area contributed by atoms with E-state index >= 15 is 0 Å². The van der Waals surface area contributed by atoms with E-state index in [2.05, 4.69) is 34.3 Å². The second kappa shape index (κ2) is 5.59. The summed E-state index contributed by atoms with van der Waals surface area (Å²) in [5, 5.41) is 11.1. The van der Waals surface area contributed by atoms with Gasteiger partial charge in [-0.25, -0.2) is 0 Å². The molecule has 6 nitrogen and oxygen atoms in total. The molecule has 0 radical (unpaired) electrons. The second-order valence-corrected chi connectivity index (χ2v) is 4.29. The maximum atomic E-state index is 11.2. The maximum absolute atomic E-state index is 11.2. The summed E-state index contributed by atoms with van der Waals surface area (Å²) in [6, 6.07) is 5.24. The molecule has 2 heterocycles. The largest absolute Gasteiger partial charge is 0.419 e. The van der Waals surface area contributed by atoms with Crippen LogP contribution in [0.4, 0.5) is 0 Å². The van der Waals surface area contributed by atoms with Gasteiger partial charge in [-0.2, -0.15) is 0 Å². The zero-order valence-corrected chi connectivity index (χ0v) is 10.4. The van der Waals surface area contributed by atoms with Crippen LogP contribution in [0, 0.1) is 0 Å². The second-order valence-electron chi connectivity index (χ2n) is 4.29. The van der Waals surface area contributed by atoms with Crippen LogP contribution in [0.15, 0.2) is 27.4 Å². The van der Waals surface area contributed by atoms with Crippen molar-refractivity contribution in [3.05, 3.63) is 34.4 Å². The highest BCUT2D eigenvalue weighted by molar-refractivity contribution is 5.44. The van der Waals surface area contributed by atoms with Gasteiger partial charge in [0.15, 0.2) is 0 Å². The van der Waals surface area contributed by atoms with Gasteiger partial charge >= 0.3 is 0 Å². The SMILES string of the molecule is CC(C)NCCc1nnc(-c2cccc(=O)[nH]2)o1. The highest BCUT2D eigenvalue weighted by Gasteiger charge is 2.08. The van der Waals surface area contributed by atoms with Gasteiger partial charge in [-0.05, 0) is 6.07 Å². The average molecular weight is 248 g/mol. The van der Waals surface area contributed by atoms with Gasteiger partial charge in [0.1, 0.15) is 5.69 Å². The number of nitrogens with one attached hydrogen (secondary N) is 2. The fourth-order valence-corrected chi connectivity index (χ4v) is 1.50. The number of hydrogen-bond acceptors (Lipinski definition) is 5. The van der Waals surface area contributed by atoms with E-state index in [9.17, 15) is 4.79 Å². The van der Waals surface area contributed by atoms with Crippen molar-refractivity contribution in [1.82, 2.24) is 20.5 Å². The van der Waals surface area contributed by atoms with E-state index < -0.39 is 0 Å². The molecule has 0 atom stereocenters. The number of rotatable bonds is 5. The van der Waals surface area contributed by atoms with E-state index in [1.54, 1.807) is 12.1 Å². The van der Waals surface area contributed by atoms with Crippen LogP contribution in [0.1, 0.15) is 19.7 Å². The lowest BCUT2D eigenvalue weighted by Gasteiger charge is -2.04. The standard InChI is InChI=1S/C12H16N4O2/c1-8(2)13-7-6-11-15-16-12(18-11)9-4-3-5-10(17)14-9/h3-5,8,13H,6-7H2,1-2H3,(H,14,17). The highest BCUT2D eigenvalue weighted by Crippen LogP contribution is 2.13. The number of aromatic amines is 1. The third-order valence-electron chi connectivity index (χ3n) is 2.36. The number of hydrogen-bond donors (Lipinski definition) is 2. The molecule has 6 heteroatoms. The smallest absolute Gasteiger partial charge is 0.264 e. The molecule has 0 saturated heterocycles. The number of aromatic nitrogens is 3. The topological polar surface area (TPSA) is 83.8 Å². The van der Waals surface area contributed by atoms with Crippen LogP contribution in [-0.4, -0.2) is 27.8 Å². The Hall–Kier alpha value is -1.95. The average Bonchev–Trinajstić information content (AvgIpc) is 2.77. The summed E-state index contributed by atoms with van der Waals surface area (Å²) in [5.41, 5.74) is 0.354. The van der Waals surface area contributed by atoms with Gasteiger partial charge < -0.3 is 14.7 Å². The number of H-pyrrole nitrogens is 1. The Morgan fingerprint density at radius 3 is 2.94 bits per heavy atom. The highest BCUT2D eigenvalue weighted by atomic mass is 16.4. The summed E-state index contributed by atoms with van der Waals surface area (Å²) < 4.78 is 5.47. The minimum absolute atomic E-state index is 0.186. The lowest BCUT2D eigenvalue weighted by molar-refractivity contribution is 0.483. The fraction of sp³-hybridized carbons (Fsp3) is 0.417. The van der Waals surface area contributed by atoms with Crippen molar-refractivity contribution >= 4 is 0 Å². The van der Waals surface area contributed by atoms with Crippen molar-refractivity contribution in [3.63, 3.8) is 0 Å². The van der Waals surface area contributed by atoms with Crippen molar-refractivity contribution < 1.29 is 4.42 Å². The first-order valence-electron chi connectivity index (χ1n) is 5.90. The summed E-state index contributed by atoms with van der Waals surface area (Å²) in [4.78, 5) is 13.8. The van der Waals surface area contributed by atoms with Gasteiger partial charge in [-0.1, -0.05) is 19.9 Å². The summed E-state index contributed by atoms with van der Waals surface area (Å²) in [6.45, 7) is 4.94. The van der Waals surface area contributed by atoms with Crippen LogP contribution in [-0.2, 0) is 6.42 Å². The molecule has 0 aliphatic rings. The van der Waals surface area contributed by atoms with E-state index in [0.29, 0.717) is 29.9 Å². The van der Waals surface area contributed by atoms with Crippen molar-refractivity contribution in [1.29, 1.82) is 0 Å². The van der Waals surface area contributed by atoms with Crippen LogP contribution in [0.2, 0.25) is 0 Å². The first-order chi connectivity index (χ1) is 8.65. The number of pyridine rings is 1. The van der Waals surface area contributed by atoms with E-state index in [0.717, 1.165) is 6.54 Å². The minimum atomic E-state index is -0.186. The van der Waals surface area contributed by atoms with Crippen LogP contribution < -0.4 is 10.9 Å².